The van der Waals surface area contributed by atoms with Gasteiger partial charge in [-0.15, -0.1) is 0 Å². The van der Waals surface area contributed by atoms with E-state index in [1.807, 2.05) is 11.8 Å². The summed E-state index contributed by atoms with van der Waals surface area (Å²) in [5, 5.41) is 25.6. The van der Waals surface area contributed by atoms with Crippen molar-refractivity contribution in [2.24, 2.45) is 16.2 Å². The number of carbonyl (C=O) groups is 6. The van der Waals surface area contributed by atoms with Crippen LogP contribution in [0, 0.1) is 5.92 Å². The maximum Gasteiger partial charge on any atom is 0.328 e. The van der Waals surface area contributed by atoms with Crippen molar-refractivity contribution < 1.29 is 41.9 Å². The molecule has 0 spiro atoms. The van der Waals surface area contributed by atoms with Gasteiger partial charge < -0.3 is 36.6 Å². The molecule has 0 radical (unpaired) electrons. The molecule has 0 aromatic heterocycles. The molecule has 1 aromatic carbocycles. The van der Waals surface area contributed by atoms with Crippen LogP contribution in [0.1, 0.15) is 107 Å². The summed E-state index contributed by atoms with van der Waals surface area (Å²) in [7, 11) is -3.64. The molecule has 1 aliphatic carbocycles. The van der Waals surface area contributed by atoms with Gasteiger partial charge in [-0.2, -0.15) is 11.8 Å². The molecule has 21 heteroatoms. The number of ether oxygens (including phenoxy) is 1. The first kappa shape index (κ1) is 47.1. The molecule has 4 atom stereocenters. The number of hydrogen-bond donors (Lipinski definition) is 7. The minimum Gasteiger partial charge on any atom is -0.462 e. The van der Waals surface area contributed by atoms with E-state index >= 15 is 0 Å². The number of hydrogen-bond acceptors (Lipinski definition) is 11. The topological polar surface area (TPSA) is 293 Å². The molecule has 4 rings (SSSR count). The second kappa shape index (κ2) is 24.5. The number of esters is 1. The van der Waals surface area contributed by atoms with E-state index in [9.17, 15) is 37.2 Å². The van der Waals surface area contributed by atoms with Gasteiger partial charge in [0.1, 0.15) is 12.6 Å². The maximum absolute atomic E-state index is 13.1. The summed E-state index contributed by atoms with van der Waals surface area (Å²) in [6, 6.07) is 5.15. The number of carbonyl (C=O) groups excluding carboxylic acids is 6. The van der Waals surface area contributed by atoms with E-state index in [2.05, 4.69) is 41.9 Å². The highest BCUT2D eigenvalue weighted by molar-refractivity contribution is 8.00. The lowest BCUT2D eigenvalue weighted by molar-refractivity contribution is -0.146. The number of unbranched alkanes of at least 4 members (excludes halogenated alkanes) is 4. The predicted molar refractivity (Wildman–Crippen MR) is 222 cm³/mol. The average molecular weight is 863 g/mol. The first-order chi connectivity index (χ1) is 28.3. The van der Waals surface area contributed by atoms with Crippen molar-refractivity contribution in [2.45, 2.75) is 125 Å². The van der Waals surface area contributed by atoms with E-state index in [-0.39, 0.29) is 66.9 Å². The number of nitrogens with two attached hydrogens (primary N) is 1. The molecule has 326 valence electrons. The van der Waals surface area contributed by atoms with E-state index in [0.717, 1.165) is 37.9 Å². The SMILES string of the molecule is [N-]=[N+]=Nc1ccc(C(=O)NC(CCCCNC(=O)CCCCCNC(=O)CCCC[C@H]2SCC3NC(=O)NC32)C(=O)OCCNC(=O)C2CCC(S(N)(=O)=O)CC2)cc1. The van der Waals surface area contributed by atoms with Gasteiger partial charge >= 0.3 is 12.0 Å². The van der Waals surface area contributed by atoms with Crippen LogP contribution >= 0.6 is 11.8 Å². The molecule has 0 bridgehead atoms. The monoisotopic (exact) mass is 862 g/mol. The first-order valence-corrected chi connectivity index (χ1v) is 23.1. The van der Waals surface area contributed by atoms with E-state index in [0.29, 0.717) is 81.8 Å². The van der Waals surface area contributed by atoms with Gasteiger partial charge in [-0.3, -0.25) is 19.2 Å². The second-order valence-electron chi connectivity index (χ2n) is 15.2. The molecule has 8 N–H and O–H groups in total. The van der Waals surface area contributed by atoms with Crippen LogP contribution in [-0.4, -0.2) is 105 Å². The zero-order valence-corrected chi connectivity index (χ0v) is 35.0. The van der Waals surface area contributed by atoms with Crippen LogP contribution in [0.15, 0.2) is 29.4 Å². The quantitative estimate of drug-likeness (QED) is 0.0188. The van der Waals surface area contributed by atoms with Gasteiger partial charge in [-0.1, -0.05) is 30.1 Å². The Labute approximate surface area is 349 Å². The van der Waals surface area contributed by atoms with Crippen molar-refractivity contribution in [1.82, 2.24) is 31.9 Å². The summed E-state index contributed by atoms with van der Waals surface area (Å²) >= 11 is 1.87. The summed E-state index contributed by atoms with van der Waals surface area (Å²) in [4.78, 5) is 77.6. The molecular weight excluding hydrogens is 805 g/mol. The van der Waals surface area contributed by atoms with Crippen molar-refractivity contribution in [2.75, 3.05) is 32.0 Å². The molecule has 59 heavy (non-hydrogen) atoms. The number of azide groups is 1. The molecule has 2 heterocycles. The molecule has 19 nitrogen and oxygen atoms in total. The summed E-state index contributed by atoms with van der Waals surface area (Å²) in [6.45, 7) is 0.825. The van der Waals surface area contributed by atoms with Crippen LogP contribution in [0.3, 0.4) is 0 Å². The highest BCUT2D eigenvalue weighted by Gasteiger charge is 2.42. The minimum absolute atomic E-state index is 0.0238. The van der Waals surface area contributed by atoms with Gasteiger partial charge in [-0.05, 0) is 88.3 Å². The molecule has 3 unspecified atom stereocenters. The number of nitrogens with one attached hydrogen (secondary N) is 6. The van der Waals surface area contributed by atoms with E-state index < -0.39 is 33.2 Å². The van der Waals surface area contributed by atoms with Crippen molar-refractivity contribution in [1.29, 1.82) is 0 Å². The lowest BCUT2D eigenvalue weighted by Crippen LogP contribution is -2.43. The number of urea groups is 1. The average Bonchev–Trinajstić information content (AvgIpc) is 3.77. The van der Waals surface area contributed by atoms with Gasteiger partial charge in [0.15, 0.2) is 0 Å². The Bertz CT molecular complexity index is 1750. The zero-order valence-electron chi connectivity index (χ0n) is 33.3. The van der Waals surface area contributed by atoms with Crippen molar-refractivity contribution >= 4 is 63.1 Å². The van der Waals surface area contributed by atoms with E-state index in [1.165, 1.54) is 24.3 Å². The lowest BCUT2D eigenvalue weighted by atomic mass is 9.88. The molecule has 6 amide bonds. The van der Waals surface area contributed by atoms with Gasteiger partial charge in [0.05, 0.1) is 23.9 Å². The largest absolute Gasteiger partial charge is 0.462 e. The summed E-state index contributed by atoms with van der Waals surface area (Å²) in [5.41, 5.74) is 9.20. The van der Waals surface area contributed by atoms with Crippen LogP contribution in [0.25, 0.3) is 10.4 Å². The molecule has 1 aromatic rings. The summed E-state index contributed by atoms with van der Waals surface area (Å²) < 4.78 is 28.6. The van der Waals surface area contributed by atoms with Crippen LogP contribution < -0.4 is 37.0 Å². The smallest absolute Gasteiger partial charge is 0.328 e. The molecule has 2 aliphatic heterocycles. The zero-order chi connectivity index (χ0) is 42.6. The number of sulfonamides is 1. The second-order valence-corrected chi connectivity index (χ2v) is 18.3. The Morgan fingerprint density at radius 1 is 0.881 bits per heavy atom. The Kier molecular flexibility index (Phi) is 19.5. The number of fused-ring (bicyclic) bond motifs is 1. The number of primary sulfonamides is 1. The van der Waals surface area contributed by atoms with Crippen LogP contribution in [0.5, 0.6) is 0 Å². The van der Waals surface area contributed by atoms with Gasteiger partial charge in [0.25, 0.3) is 5.91 Å². The highest BCUT2D eigenvalue weighted by atomic mass is 32.2. The van der Waals surface area contributed by atoms with E-state index in [4.69, 9.17) is 15.4 Å². The Morgan fingerprint density at radius 2 is 1.54 bits per heavy atom. The predicted octanol–water partition coefficient (Wildman–Crippen LogP) is 2.92. The standard InChI is InChI=1S/C38H58N10O9S2/c39-48-47-27-16-12-26(13-17-27)36(52)44-29(37(53)57-23-22-43-35(51)25-14-18-28(19-15-25)59(40,55)56)8-5-7-21-42-32(49)10-2-1-6-20-41-33(50)11-4-3-9-31-34-30(24-58-31)45-38(54)46-34/h12-13,16-17,25,28-31,34H,1-11,14-15,18-24H2,(H,41,50)(H,42,49)(H,43,51)(H,44,52)(H2,40,55,56)(H2,45,46,54)/t25?,28?,29?,30?,31-,34?/m1/s1. The van der Waals surface area contributed by atoms with Crippen molar-refractivity contribution in [3.8, 4) is 0 Å². The minimum atomic E-state index is -3.64. The number of benzene rings is 1. The van der Waals surface area contributed by atoms with Crippen molar-refractivity contribution in [3.05, 3.63) is 40.3 Å². The summed E-state index contributed by atoms with van der Waals surface area (Å²) in [6.07, 6.45) is 8.38. The number of nitrogens with zero attached hydrogens (tertiary/aromatic N) is 3. The highest BCUT2D eigenvalue weighted by Crippen LogP contribution is 2.33. The molecule has 3 fully saturated rings. The van der Waals surface area contributed by atoms with Crippen molar-refractivity contribution in [3.63, 3.8) is 0 Å². The molecule has 3 aliphatic rings. The summed E-state index contributed by atoms with van der Waals surface area (Å²) in [5.74, 6) is -0.999. The third-order valence-electron chi connectivity index (χ3n) is 10.8. The molecule has 2 saturated heterocycles. The molecule has 1 saturated carbocycles. The fourth-order valence-electron chi connectivity index (χ4n) is 7.41. The lowest BCUT2D eigenvalue weighted by Gasteiger charge is -2.26. The number of thioether (sulfide) groups is 1. The Balaban J connectivity index is 1.07. The maximum atomic E-state index is 13.1. The fourth-order valence-corrected chi connectivity index (χ4v) is 9.89. The fraction of sp³-hybridized carbons (Fsp3) is 0.684. The third-order valence-corrected chi connectivity index (χ3v) is 13.7. The third kappa shape index (κ3) is 16.5. The number of rotatable bonds is 25. The number of amides is 6. The van der Waals surface area contributed by atoms with Gasteiger partial charge in [0.2, 0.25) is 27.7 Å². The van der Waals surface area contributed by atoms with Crippen LogP contribution in [-0.2, 0) is 33.9 Å². The first-order valence-electron chi connectivity index (χ1n) is 20.5. The molecular formula is C38H58N10O9S2. The normalized spacial score (nSPS) is 21.4. The van der Waals surface area contributed by atoms with Gasteiger partial charge in [-0.25, -0.2) is 23.1 Å². The Hall–Kier alpha value is -4.59. The van der Waals surface area contributed by atoms with Crippen LogP contribution in [0.4, 0.5) is 10.5 Å². The van der Waals surface area contributed by atoms with E-state index in [1.54, 1.807) is 0 Å². The van der Waals surface area contributed by atoms with Crippen LogP contribution in [0.2, 0.25) is 0 Å². The van der Waals surface area contributed by atoms with Gasteiger partial charge in [0, 0.05) is 59.0 Å². The Morgan fingerprint density at radius 3 is 2.20 bits per heavy atom.